The van der Waals surface area contributed by atoms with Gasteiger partial charge in [-0.05, 0) is 38.8 Å². The molecular weight excluding hydrogens is 258 g/mol. The van der Waals surface area contributed by atoms with Gasteiger partial charge in [-0.15, -0.1) is 11.3 Å². The maximum absolute atomic E-state index is 11.7. The summed E-state index contributed by atoms with van der Waals surface area (Å²) in [6.45, 7) is 3.34. The highest BCUT2D eigenvalue weighted by Crippen LogP contribution is 2.19. The van der Waals surface area contributed by atoms with Crippen LogP contribution < -0.4 is 5.32 Å². The van der Waals surface area contributed by atoms with Gasteiger partial charge in [0, 0.05) is 11.4 Å². The normalized spacial score (nSPS) is 20.4. The molecule has 1 amide bonds. The smallest absolute Gasteiger partial charge is 0.226 e. The third kappa shape index (κ3) is 4.01. The second kappa shape index (κ2) is 6.01. The summed E-state index contributed by atoms with van der Waals surface area (Å²) in [7, 11) is 0. The highest BCUT2D eigenvalue weighted by molar-refractivity contribution is 7.09. The maximum Gasteiger partial charge on any atom is 0.226 e. The molecule has 4 nitrogen and oxygen atoms in total. The van der Waals surface area contributed by atoms with E-state index in [1.54, 1.807) is 11.3 Å². The molecule has 1 saturated carbocycles. The molecule has 2 fully saturated rings. The van der Waals surface area contributed by atoms with Crippen molar-refractivity contribution >= 4 is 17.2 Å². The molecule has 2 heterocycles. The standard InChI is InChI=1S/C14H21N3OS/c18-13(15-11-4-5-11)8-12-10-19-14(16-12)9-17-6-2-1-3-7-17/h10-11H,1-9H2,(H,15,18). The van der Waals surface area contributed by atoms with E-state index in [0.717, 1.165) is 30.1 Å². The number of amides is 1. The molecule has 2 aliphatic rings. The largest absolute Gasteiger partial charge is 0.353 e. The monoisotopic (exact) mass is 279 g/mol. The molecule has 0 aromatic carbocycles. The summed E-state index contributed by atoms with van der Waals surface area (Å²) >= 11 is 1.69. The van der Waals surface area contributed by atoms with Gasteiger partial charge in [0.2, 0.25) is 5.91 Å². The lowest BCUT2D eigenvalue weighted by Gasteiger charge is -2.25. The van der Waals surface area contributed by atoms with Crippen LogP contribution in [0, 0.1) is 0 Å². The first-order chi connectivity index (χ1) is 9.29. The number of hydrogen-bond acceptors (Lipinski definition) is 4. The number of nitrogens with one attached hydrogen (secondary N) is 1. The minimum Gasteiger partial charge on any atom is -0.353 e. The average Bonchev–Trinajstić information content (AvgIpc) is 3.11. The number of likely N-dealkylation sites (tertiary alicyclic amines) is 1. The predicted molar refractivity (Wildman–Crippen MR) is 76.1 cm³/mol. The maximum atomic E-state index is 11.7. The molecule has 104 valence electrons. The number of nitrogens with zero attached hydrogens (tertiary/aromatic N) is 2. The minimum absolute atomic E-state index is 0.123. The molecule has 1 aromatic heterocycles. The highest BCUT2D eigenvalue weighted by Gasteiger charge is 2.23. The van der Waals surface area contributed by atoms with Gasteiger partial charge < -0.3 is 5.32 Å². The molecule has 1 saturated heterocycles. The van der Waals surface area contributed by atoms with Crippen molar-refractivity contribution < 1.29 is 4.79 Å². The topological polar surface area (TPSA) is 45.2 Å². The van der Waals surface area contributed by atoms with Gasteiger partial charge in [0.15, 0.2) is 0 Å². The van der Waals surface area contributed by atoms with E-state index in [-0.39, 0.29) is 5.91 Å². The summed E-state index contributed by atoms with van der Waals surface area (Å²) in [4.78, 5) is 18.8. The van der Waals surface area contributed by atoms with E-state index in [1.807, 2.05) is 5.38 Å². The fourth-order valence-electron chi connectivity index (χ4n) is 2.48. The first-order valence-electron chi connectivity index (χ1n) is 7.24. The Kier molecular flexibility index (Phi) is 4.13. The van der Waals surface area contributed by atoms with Crippen LogP contribution in [0.2, 0.25) is 0 Å². The Morgan fingerprint density at radius 1 is 1.37 bits per heavy atom. The van der Waals surface area contributed by atoms with E-state index in [1.165, 1.54) is 32.4 Å². The van der Waals surface area contributed by atoms with Crippen molar-refractivity contribution in [1.82, 2.24) is 15.2 Å². The molecule has 0 spiro atoms. The van der Waals surface area contributed by atoms with E-state index >= 15 is 0 Å². The van der Waals surface area contributed by atoms with E-state index in [2.05, 4.69) is 15.2 Å². The molecule has 5 heteroatoms. The number of aromatic nitrogens is 1. The van der Waals surface area contributed by atoms with Crippen LogP contribution in [0.15, 0.2) is 5.38 Å². The molecule has 1 N–H and O–H groups in total. The predicted octanol–water partition coefficient (Wildman–Crippen LogP) is 1.95. The highest BCUT2D eigenvalue weighted by atomic mass is 32.1. The number of carbonyl (C=O) groups is 1. The Morgan fingerprint density at radius 3 is 2.89 bits per heavy atom. The van der Waals surface area contributed by atoms with Crippen LogP contribution >= 0.6 is 11.3 Å². The van der Waals surface area contributed by atoms with Gasteiger partial charge >= 0.3 is 0 Å². The van der Waals surface area contributed by atoms with Crippen molar-refractivity contribution in [2.24, 2.45) is 0 Å². The molecule has 1 aromatic rings. The molecule has 0 bridgehead atoms. The van der Waals surface area contributed by atoms with Crippen LogP contribution in [0.1, 0.15) is 42.8 Å². The molecule has 0 unspecified atom stereocenters. The van der Waals surface area contributed by atoms with E-state index in [0.29, 0.717) is 12.5 Å². The summed E-state index contributed by atoms with van der Waals surface area (Å²) < 4.78 is 0. The summed E-state index contributed by atoms with van der Waals surface area (Å²) in [5.41, 5.74) is 0.926. The van der Waals surface area contributed by atoms with Gasteiger partial charge in [-0.2, -0.15) is 0 Å². The number of carbonyl (C=O) groups excluding carboxylic acids is 1. The SMILES string of the molecule is O=C(Cc1csc(CN2CCCCC2)n1)NC1CC1. The van der Waals surface area contributed by atoms with Crippen molar-refractivity contribution in [3.63, 3.8) is 0 Å². The quantitative estimate of drug-likeness (QED) is 0.896. The fourth-order valence-corrected chi connectivity index (χ4v) is 3.32. The molecule has 0 radical (unpaired) electrons. The van der Waals surface area contributed by atoms with Crippen molar-refractivity contribution in [3.05, 3.63) is 16.1 Å². The minimum atomic E-state index is 0.123. The zero-order chi connectivity index (χ0) is 13.1. The number of piperidine rings is 1. The first kappa shape index (κ1) is 13.1. The molecule has 19 heavy (non-hydrogen) atoms. The average molecular weight is 279 g/mol. The van der Waals surface area contributed by atoms with E-state index in [9.17, 15) is 4.79 Å². The third-order valence-electron chi connectivity index (χ3n) is 3.69. The van der Waals surface area contributed by atoms with Crippen LogP contribution in [0.5, 0.6) is 0 Å². The summed E-state index contributed by atoms with van der Waals surface area (Å²) in [5, 5.41) is 6.19. The molecule has 0 atom stereocenters. The number of hydrogen-bond donors (Lipinski definition) is 1. The summed E-state index contributed by atoms with van der Waals surface area (Å²) in [5.74, 6) is 0.123. The van der Waals surface area contributed by atoms with E-state index in [4.69, 9.17) is 0 Å². The Morgan fingerprint density at radius 2 is 2.16 bits per heavy atom. The second-order valence-corrected chi connectivity index (χ2v) is 6.53. The van der Waals surface area contributed by atoms with Gasteiger partial charge in [-0.25, -0.2) is 4.98 Å². The first-order valence-corrected chi connectivity index (χ1v) is 8.12. The summed E-state index contributed by atoms with van der Waals surface area (Å²) in [6.07, 6.45) is 6.70. The summed E-state index contributed by atoms with van der Waals surface area (Å²) in [6, 6.07) is 0.443. The molecule has 3 rings (SSSR count). The van der Waals surface area contributed by atoms with Gasteiger partial charge in [0.1, 0.15) is 5.01 Å². The number of rotatable bonds is 5. The fraction of sp³-hybridized carbons (Fsp3) is 0.714. The Bertz CT molecular complexity index is 436. The van der Waals surface area contributed by atoms with Gasteiger partial charge in [-0.3, -0.25) is 9.69 Å². The zero-order valence-electron chi connectivity index (χ0n) is 11.2. The molecule has 1 aliphatic carbocycles. The van der Waals surface area contributed by atoms with Crippen molar-refractivity contribution in [2.75, 3.05) is 13.1 Å². The number of thiazole rings is 1. The van der Waals surface area contributed by atoms with Gasteiger partial charge in [0.05, 0.1) is 18.7 Å². The van der Waals surface area contributed by atoms with Crippen molar-refractivity contribution in [1.29, 1.82) is 0 Å². The Balaban J connectivity index is 1.48. The lowest BCUT2D eigenvalue weighted by molar-refractivity contribution is -0.120. The lowest BCUT2D eigenvalue weighted by Crippen LogP contribution is -2.29. The van der Waals surface area contributed by atoms with Crippen LogP contribution in [0.3, 0.4) is 0 Å². The van der Waals surface area contributed by atoms with Crippen molar-refractivity contribution in [2.45, 2.75) is 51.1 Å². The van der Waals surface area contributed by atoms with Crippen LogP contribution in [-0.4, -0.2) is 34.9 Å². The van der Waals surface area contributed by atoms with Gasteiger partial charge in [-0.1, -0.05) is 6.42 Å². The molecule has 1 aliphatic heterocycles. The lowest BCUT2D eigenvalue weighted by atomic mass is 10.1. The Labute approximate surface area is 118 Å². The second-order valence-electron chi connectivity index (χ2n) is 5.59. The van der Waals surface area contributed by atoms with E-state index < -0.39 is 0 Å². The van der Waals surface area contributed by atoms with Crippen LogP contribution in [0.25, 0.3) is 0 Å². The zero-order valence-corrected chi connectivity index (χ0v) is 12.0. The van der Waals surface area contributed by atoms with Crippen LogP contribution in [0.4, 0.5) is 0 Å². The molecular formula is C14H21N3OS. The third-order valence-corrected chi connectivity index (χ3v) is 4.57. The van der Waals surface area contributed by atoms with Crippen LogP contribution in [-0.2, 0) is 17.8 Å². The van der Waals surface area contributed by atoms with Crippen molar-refractivity contribution in [3.8, 4) is 0 Å². The van der Waals surface area contributed by atoms with Gasteiger partial charge in [0.25, 0.3) is 0 Å². The Hall–Kier alpha value is -0.940.